The predicted molar refractivity (Wildman–Crippen MR) is 283 cm³/mol. The molecule has 0 radical (unpaired) electrons. The highest BCUT2D eigenvalue weighted by Gasteiger charge is 2.46. The van der Waals surface area contributed by atoms with E-state index in [4.69, 9.17) is 9.72 Å². The standard InChI is InChI=1S/C62H68N4O/c1-58(2,3)44-33-34-63-55(38-44)66-53-30-21-20-29-51(53)52-32-31-50(40-54(52)66)67-49-28-22-27-47(39-49)64-41-65(48-36-45(59(4,5)6)35-46(37-48)60(7,8)9)57(62(12,13)43-25-18-15-19-26-43)56(64)61(10,11)42-23-16-14-17-24-42/h14-40H,41H2,1-13H3. The Hall–Kier alpha value is -6.59. The Kier molecular flexibility index (Phi) is 11.3. The normalized spacial score (nSPS) is 14.2. The summed E-state index contributed by atoms with van der Waals surface area (Å²) in [7, 11) is 0. The predicted octanol–water partition coefficient (Wildman–Crippen LogP) is 16.3. The van der Waals surface area contributed by atoms with Gasteiger partial charge in [0, 0.05) is 51.3 Å². The second-order valence-electron chi connectivity index (χ2n) is 22.7. The second kappa shape index (κ2) is 16.6. The maximum Gasteiger partial charge on any atom is 0.137 e. The molecule has 5 nitrogen and oxygen atoms in total. The molecule has 5 heteroatoms. The molecule has 2 aromatic heterocycles. The topological polar surface area (TPSA) is 33.5 Å². The van der Waals surface area contributed by atoms with Crippen LogP contribution >= 0.6 is 0 Å². The molecule has 0 unspecified atom stereocenters. The van der Waals surface area contributed by atoms with Gasteiger partial charge in [0.15, 0.2) is 0 Å². The van der Waals surface area contributed by atoms with Crippen LogP contribution in [-0.2, 0) is 27.1 Å². The third-order valence-corrected chi connectivity index (χ3v) is 14.0. The van der Waals surface area contributed by atoms with E-state index < -0.39 is 5.41 Å². The monoisotopic (exact) mass is 885 g/mol. The van der Waals surface area contributed by atoms with E-state index in [0.29, 0.717) is 6.67 Å². The van der Waals surface area contributed by atoms with E-state index in [1.54, 1.807) is 0 Å². The zero-order valence-electron chi connectivity index (χ0n) is 42.0. The highest BCUT2D eigenvalue weighted by molar-refractivity contribution is 6.09. The molecular formula is C62H68N4O. The summed E-state index contributed by atoms with van der Waals surface area (Å²) in [5, 5.41) is 2.35. The van der Waals surface area contributed by atoms with E-state index >= 15 is 0 Å². The van der Waals surface area contributed by atoms with Crippen molar-refractivity contribution >= 4 is 33.2 Å². The molecule has 0 fully saturated rings. The molecule has 0 N–H and O–H groups in total. The Morgan fingerprint density at radius 1 is 0.403 bits per heavy atom. The van der Waals surface area contributed by atoms with Gasteiger partial charge in [-0.15, -0.1) is 0 Å². The van der Waals surface area contributed by atoms with Gasteiger partial charge in [0.05, 0.1) is 29.1 Å². The van der Waals surface area contributed by atoms with Crippen molar-refractivity contribution in [3.8, 4) is 17.3 Å². The van der Waals surface area contributed by atoms with Crippen molar-refractivity contribution in [2.75, 3.05) is 16.5 Å². The molecule has 0 bridgehead atoms. The lowest BCUT2D eigenvalue weighted by Crippen LogP contribution is -2.35. The first-order chi connectivity index (χ1) is 31.6. The van der Waals surface area contributed by atoms with Crippen molar-refractivity contribution < 1.29 is 4.74 Å². The Bertz CT molecular complexity index is 3100. The van der Waals surface area contributed by atoms with Crippen molar-refractivity contribution in [1.29, 1.82) is 0 Å². The maximum absolute atomic E-state index is 6.95. The van der Waals surface area contributed by atoms with E-state index in [9.17, 15) is 0 Å². The van der Waals surface area contributed by atoms with Gasteiger partial charge in [-0.3, -0.25) is 4.57 Å². The number of pyridine rings is 1. The van der Waals surface area contributed by atoms with E-state index in [0.717, 1.165) is 39.4 Å². The minimum Gasteiger partial charge on any atom is -0.457 e. The van der Waals surface area contributed by atoms with Crippen molar-refractivity contribution in [3.05, 3.63) is 203 Å². The summed E-state index contributed by atoms with van der Waals surface area (Å²) in [5.41, 5.74) is 12.5. The molecule has 3 heterocycles. The molecule has 0 spiro atoms. The highest BCUT2D eigenvalue weighted by atomic mass is 16.5. The number of anilines is 2. The van der Waals surface area contributed by atoms with Gasteiger partial charge in [-0.1, -0.05) is 181 Å². The zero-order chi connectivity index (χ0) is 47.7. The van der Waals surface area contributed by atoms with Gasteiger partial charge in [0.2, 0.25) is 0 Å². The molecule has 1 aliphatic heterocycles. The smallest absolute Gasteiger partial charge is 0.137 e. The largest absolute Gasteiger partial charge is 0.457 e. The Morgan fingerprint density at radius 2 is 0.925 bits per heavy atom. The number of aromatic nitrogens is 2. The molecular weight excluding hydrogens is 817 g/mol. The van der Waals surface area contributed by atoms with E-state index in [1.165, 1.54) is 50.3 Å². The summed E-state index contributed by atoms with van der Waals surface area (Å²) < 4.78 is 9.23. The number of ether oxygens (including phenoxy) is 1. The molecule has 0 saturated carbocycles. The average molecular weight is 885 g/mol. The molecule has 8 aromatic rings. The highest BCUT2D eigenvalue weighted by Crippen LogP contribution is 2.51. The van der Waals surface area contributed by atoms with Crippen LogP contribution < -0.4 is 14.5 Å². The summed E-state index contributed by atoms with van der Waals surface area (Å²) in [6.07, 6.45) is 1.93. The SMILES string of the molecule is CC(C)(C)c1cc(N2CN(c3cccc(Oc4ccc5c6ccccc6n(-c6cc(C(C)(C)C)ccn6)c5c4)c3)C(C(C)(C)c3ccccc3)=C2C(C)(C)c2ccccc2)cc(C(C)(C)C)c1. The number of allylic oxidation sites excluding steroid dienone is 2. The molecule has 6 aromatic carbocycles. The van der Waals surface area contributed by atoms with Gasteiger partial charge in [-0.25, -0.2) is 4.98 Å². The van der Waals surface area contributed by atoms with Crippen molar-refractivity contribution in [1.82, 2.24) is 9.55 Å². The van der Waals surface area contributed by atoms with Crippen LogP contribution in [0.25, 0.3) is 27.6 Å². The summed E-state index contributed by atoms with van der Waals surface area (Å²) in [6, 6.07) is 57.4. The van der Waals surface area contributed by atoms with Crippen molar-refractivity contribution in [3.63, 3.8) is 0 Å². The maximum atomic E-state index is 6.95. The Morgan fingerprint density at radius 3 is 1.51 bits per heavy atom. The number of hydrogen-bond donors (Lipinski definition) is 0. The summed E-state index contributed by atoms with van der Waals surface area (Å²) in [6.45, 7) is 30.9. The molecule has 0 saturated heterocycles. The Labute approximate surface area is 399 Å². The fraction of sp³-hybridized carbons (Fsp3) is 0.306. The second-order valence-corrected chi connectivity index (χ2v) is 22.7. The number of nitrogens with zero attached hydrogens (tertiary/aromatic N) is 4. The van der Waals surface area contributed by atoms with Crippen LogP contribution in [0.5, 0.6) is 11.5 Å². The van der Waals surface area contributed by atoms with Crippen molar-refractivity contribution in [2.45, 2.75) is 117 Å². The molecule has 1 aliphatic rings. The van der Waals surface area contributed by atoms with Gasteiger partial charge in [-0.05, 0) is 98.7 Å². The van der Waals surface area contributed by atoms with Crippen molar-refractivity contribution in [2.24, 2.45) is 0 Å². The number of para-hydroxylation sites is 1. The lowest BCUT2D eigenvalue weighted by molar-refractivity contribution is 0.483. The number of rotatable bonds is 9. The minimum atomic E-state index is -0.403. The van der Waals surface area contributed by atoms with Crippen LogP contribution in [0.15, 0.2) is 175 Å². The number of fused-ring (bicyclic) bond motifs is 3. The summed E-state index contributed by atoms with van der Waals surface area (Å²) in [5.74, 6) is 2.44. The van der Waals surface area contributed by atoms with E-state index in [-0.39, 0.29) is 21.7 Å². The van der Waals surface area contributed by atoms with E-state index in [2.05, 4.69) is 262 Å². The molecule has 0 aliphatic carbocycles. The molecule has 9 rings (SSSR count). The summed E-state index contributed by atoms with van der Waals surface area (Å²) >= 11 is 0. The van der Waals surface area contributed by atoms with Gasteiger partial charge >= 0.3 is 0 Å². The lowest BCUT2D eigenvalue weighted by Gasteiger charge is -2.38. The van der Waals surface area contributed by atoms with E-state index in [1.807, 2.05) is 6.20 Å². The number of benzene rings is 6. The minimum absolute atomic E-state index is 0.0165. The van der Waals surface area contributed by atoms with Crippen LogP contribution in [0, 0.1) is 0 Å². The third-order valence-electron chi connectivity index (χ3n) is 14.0. The van der Waals surface area contributed by atoms with Crippen LogP contribution in [-0.4, -0.2) is 16.2 Å². The van der Waals surface area contributed by atoms with Gasteiger partial charge in [0.25, 0.3) is 0 Å². The average Bonchev–Trinajstić information content (AvgIpc) is 3.87. The molecule has 0 amide bonds. The molecule has 67 heavy (non-hydrogen) atoms. The fourth-order valence-corrected chi connectivity index (χ4v) is 9.96. The Balaban J connectivity index is 1.21. The first-order valence-electron chi connectivity index (χ1n) is 24.0. The van der Waals surface area contributed by atoms with Gasteiger partial charge < -0.3 is 14.5 Å². The van der Waals surface area contributed by atoms with Crippen LogP contribution in [0.3, 0.4) is 0 Å². The molecule has 0 atom stereocenters. The van der Waals surface area contributed by atoms with Crippen LogP contribution in [0.2, 0.25) is 0 Å². The van der Waals surface area contributed by atoms with Crippen LogP contribution in [0.1, 0.15) is 118 Å². The number of hydrogen-bond acceptors (Lipinski definition) is 4. The first kappa shape index (κ1) is 45.6. The quantitative estimate of drug-likeness (QED) is 0.145. The third kappa shape index (κ3) is 8.54. The van der Waals surface area contributed by atoms with Gasteiger partial charge in [-0.2, -0.15) is 0 Å². The first-order valence-corrected chi connectivity index (χ1v) is 24.0. The zero-order valence-corrected chi connectivity index (χ0v) is 42.0. The van der Waals surface area contributed by atoms with Crippen LogP contribution in [0.4, 0.5) is 11.4 Å². The molecule has 342 valence electrons. The summed E-state index contributed by atoms with van der Waals surface area (Å²) in [4.78, 5) is 10.1. The fourth-order valence-electron chi connectivity index (χ4n) is 9.96. The lowest BCUT2D eigenvalue weighted by atomic mass is 9.73. The van der Waals surface area contributed by atoms with Gasteiger partial charge in [0.1, 0.15) is 17.3 Å².